The molecule has 0 radical (unpaired) electrons. The summed E-state index contributed by atoms with van der Waals surface area (Å²) in [6.45, 7) is 3.81. The number of hydrogen-bond acceptors (Lipinski definition) is 5. The first kappa shape index (κ1) is 18.7. The highest BCUT2D eigenvalue weighted by atomic mass is 32.1. The van der Waals surface area contributed by atoms with Crippen molar-refractivity contribution < 1.29 is 19.1 Å². The number of rotatable bonds is 6. The summed E-state index contributed by atoms with van der Waals surface area (Å²) >= 11 is 1.46. The molecule has 2 rings (SSSR count). The average Bonchev–Trinajstić information content (AvgIpc) is 2.93. The van der Waals surface area contributed by atoms with Crippen molar-refractivity contribution in [3.63, 3.8) is 0 Å². The van der Waals surface area contributed by atoms with E-state index in [4.69, 9.17) is 0 Å². The van der Waals surface area contributed by atoms with Crippen LogP contribution < -0.4 is 10.6 Å². The Bertz CT molecular complexity index is 761. The van der Waals surface area contributed by atoms with Crippen molar-refractivity contribution in [1.29, 1.82) is 0 Å². The van der Waals surface area contributed by atoms with E-state index in [1.807, 2.05) is 19.9 Å². The van der Waals surface area contributed by atoms with Gasteiger partial charge in [0.05, 0.1) is 18.4 Å². The maximum Gasteiger partial charge on any atom is 0.325 e. The van der Waals surface area contributed by atoms with Crippen molar-refractivity contribution in [3.05, 3.63) is 51.2 Å². The number of esters is 1. The Morgan fingerprint density at radius 1 is 1.12 bits per heavy atom. The summed E-state index contributed by atoms with van der Waals surface area (Å²) in [7, 11) is 1.26. The number of ether oxygens (including phenoxy) is 1. The van der Waals surface area contributed by atoms with E-state index in [0.717, 1.165) is 16.0 Å². The molecule has 132 valence electrons. The largest absolute Gasteiger partial charge is 0.468 e. The summed E-state index contributed by atoms with van der Waals surface area (Å²) < 4.78 is 4.46. The van der Waals surface area contributed by atoms with Crippen LogP contribution in [0.25, 0.3) is 0 Å². The van der Waals surface area contributed by atoms with Gasteiger partial charge in [-0.15, -0.1) is 11.3 Å². The van der Waals surface area contributed by atoms with E-state index in [2.05, 4.69) is 15.4 Å². The van der Waals surface area contributed by atoms with Crippen LogP contribution >= 0.6 is 11.3 Å². The molecule has 0 saturated carbocycles. The van der Waals surface area contributed by atoms with Gasteiger partial charge in [-0.3, -0.25) is 14.4 Å². The van der Waals surface area contributed by atoms with E-state index in [0.29, 0.717) is 10.6 Å². The van der Waals surface area contributed by atoms with Crippen LogP contribution in [0.2, 0.25) is 0 Å². The number of carbonyl (C=O) groups is 3. The van der Waals surface area contributed by atoms with Gasteiger partial charge in [0.25, 0.3) is 5.91 Å². The lowest BCUT2D eigenvalue weighted by molar-refractivity contribution is -0.141. The predicted octanol–water partition coefficient (Wildman–Crippen LogP) is 2.45. The Hall–Kier alpha value is -2.67. The second-order valence-corrected chi connectivity index (χ2v) is 6.79. The summed E-state index contributed by atoms with van der Waals surface area (Å²) in [5.41, 5.74) is 2.54. The first-order valence-corrected chi connectivity index (χ1v) is 8.51. The molecule has 0 bridgehead atoms. The van der Waals surface area contributed by atoms with E-state index in [9.17, 15) is 14.4 Å². The molecule has 2 aromatic rings. The van der Waals surface area contributed by atoms with E-state index < -0.39 is 5.97 Å². The fraction of sp³-hybridized carbons (Fsp3) is 0.278. The number of amides is 2. The zero-order chi connectivity index (χ0) is 18.4. The molecule has 6 nitrogen and oxygen atoms in total. The maximum absolute atomic E-state index is 12.2. The Morgan fingerprint density at radius 2 is 1.80 bits per heavy atom. The molecule has 1 aromatic heterocycles. The SMILES string of the molecule is COC(=O)CNC(=O)Cc1ccc(NC(=O)c2cc(C)c(C)s2)cc1. The number of aryl methyl sites for hydroxylation is 2. The minimum atomic E-state index is -0.495. The second kappa shape index (κ2) is 8.43. The van der Waals surface area contributed by atoms with Gasteiger partial charge in [0.15, 0.2) is 0 Å². The zero-order valence-corrected chi connectivity index (χ0v) is 15.2. The molecule has 1 aromatic carbocycles. The molecule has 0 aliphatic rings. The first-order valence-electron chi connectivity index (χ1n) is 7.70. The van der Waals surface area contributed by atoms with Gasteiger partial charge in [-0.1, -0.05) is 12.1 Å². The van der Waals surface area contributed by atoms with Gasteiger partial charge >= 0.3 is 5.97 Å². The molecular formula is C18H20N2O4S. The molecule has 0 saturated heterocycles. The summed E-state index contributed by atoms with van der Waals surface area (Å²) in [4.78, 5) is 36.7. The second-order valence-electron chi connectivity index (χ2n) is 5.53. The minimum Gasteiger partial charge on any atom is -0.468 e. The molecule has 2 N–H and O–H groups in total. The van der Waals surface area contributed by atoms with Gasteiger partial charge < -0.3 is 15.4 Å². The van der Waals surface area contributed by atoms with Crippen LogP contribution in [0.1, 0.15) is 25.7 Å². The first-order chi connectivity index (χ1) is 11.9. The Morgan fingerprint density at radius 3 is 2.36 bits per heavy atom. The van der Waals surface area contributed by atoms with Crippen molar-refractivity contribution in [2.45, 2.75) is 20.3 Å². The molecule has 0 unspecified atom stereocenters. The fourth-order valence-electron chi connectivity index (χ4n) is 2.07. The minimum absolute atomic E-state index is 0.147. The van der Waals surface area contributed by atoms with Crippen LogP contribution in [0.15, 0.2) is 30.3 Å². The number of thiophene rings is 1. The summed E-state index contributed by atoms with van der Waals surface area (Å²) in [5, 5.41) is 5.31. The summed E-state index contributed by atoms with van der Waals surface area (Å²) in [6.07, 6.45) is 0.147. The van der Waals surface area contributed by atoms with Gasteiger partial charge in [0.2, 0.25) is 5.91 Å². The monoisotopic (exact) mass is 360 g/mol. The fourth-order valence-corrected chi connectivity index (χ4v) is 3.00. The molecule has 0 aliphatic carbocycles. The molecule has 7 heteroatoms. The molecule has 0 atom stereocenters. The lowest BCUT2D eigenvalue weighted by atomic mass is 10.1. The third kappa shape index (κ3) is 5.42. The highest BCUT2D eigenvalue weighted by molar-refractivity contribution is 7.14. The number of benzene rings is 1. The van der Waals surface area contributed by atoms with Crippen LogP contribution in [-0.4, -0.2) is 31.4 Å². The van der Waals surface area contributed by atoms with Crippen molar-refractivity contribution in [1.82, 2.24) is 5.32 Å². The molecule has 2 amide bonds. The summed E-state index contributed by atoms with van der Waals surface area (Å²) in [5.74, 6) is -0.915. The van der Waals surface area contributed by atoms with Crippen LogP contribution in [-0.2, 0) is 20.7 Å². The standard InChI is InChI=1S/C18H20N2O4S/c1-11-8-15(25-12(11)2)18(23)20-14-6-4-13(5-7-14)9-16(21)19-10-17(22)24-3/h4-8H,9-10H2,1-3H3,(H,19,21)(H,20,23). The number of methoxy groups -OCH3 is 1. The Balaban J connectivity index is 1.90. The van der Waals surface area contributed by atoms with E-state index >= 15 is 0 Å². The van der Waals surface area contributed by atoms with Crippen LogP contribution in [0.4, 0.5) is 5.69 Å². The lowest BCUT2D eigenvalue weighted by Crippen LogP contribution is -2.31. The van der Waals surface area contributed by atoms with Crippen LogP contribution in [0, 0.1) is 13.8 Å². The third-order valence-corrected chi connectivity index (χ3v) is 4.78. The van der Waals surface area contributed by atoms with Crippen LogP contribution in [0.3, 0.4) is 0 Å². The Kier molecular flexibility index (Phi) is 6.30. The van der Waals surface area contributed by atoms with Crippen LogP contribution in [0.5, 0.6) is 0 Å². The van der Waals surface area contributed by atoms with Crippen molar-refractivity contribution in [2.75, 3.05) is 19.0 Å². The quantitative estimate of drug-likeness (QED) is 0.775. The normalized spacial score (nSPS) is 10.2. The van der Waals surface area contributed by atoms with Gasteiger partial charge in [0.1, 0.15) is 6.54 Å². The zero-order valence-electron chi connectivity index (χ0n) is 14.3. The lowest BCUT2D eigenvalue weighted by Gasteiger charge is -2.06. The topological polar surface area (TPSA) is 84.5 Å². The molecular weight excluding hydrogens is 340 g/mol. The van der Waals surface area contributed by atoms with Crippen molar-refractivity contribution >= 4 is 34.8 Å². The molecule has 0 spiro atoms. The molecule has 25 heavy (non-hydrogen) atoms. The number of hydrogen-bond donors (Lipinski definition) is 2. The van der Waals surface area contributed by atoms with Gasteiger partial charge in [0, 0.05) is 10.6 Å². The molecule has 1 heterocycles. The van der Waals surface area contributed by atoms with E-state index in [1.165, 1.54) is 18.4 Å². The van der Waals surface area contributed by atoms with Crippen molar-refractivity contribution in [2.24, 2.45) is 0 Å². The van der Waals surface area contributed by atoms with E-state index in [1.54, 1.807) is 24.3 Å². The average molecular weight is 360 g/mol. The smallest absolute Gasteiger partial charge is 0.325 e. The van der Waals surface area contributed by atoms with Gasteiger partial charge in [-0.05, 0) is 43.2 Å². The number of nitrogens with one attached hydrogen (secondary N) is 2. The maximum atomic E-state index is 12.2. The summed E-state index contributed by atoms with van der Waals surface area (Å²) in [6, 6.07) is 8.88. The number of carbonyl (C=O) groups excluding carboxylic acids is 3. The van der Waals surface area contributed by atoms with E-state index in [-0.39, 0.29) is 24.8 Å². The number of anilines is 1. The third-order valence-electron chi connectivity index (χ3n) is 3.62. The predicted molar refractivity (Wildman–Crippen MR) is 96.9 cm³/mol. The Labute approximate surface area is 150 Å². The highest BCUT2D eigenvalue weighted by Crippen LogP contribution is 2.22. The highest BCUT2D eigenvalue weighted by Gasteiger charge is 2.11. The molecule has 0 fully saturated rings. The molecule has 0 aliphatic heterocycles. The van der Waals surface area contributed by atoms with Gasteiger partial charge in [-0.2, -0.15) is 0 Å². The van der Waals surface area contributed by atoms with Gasteiger partial charge in [-0.25, -0.2) is 0 Å². The van der Waals surface area contributed by atoms with Crippen molar-refractivity contribution in [3.8, 4) is 0 Å².